The number of nitro groups is 1. The van der Waals surface area contributed by atoms with Crippen LogP contribution in [0.2, 0.25) is 36.3 Å². The van der Waals surface area contributed by atoms with Gasteiger partial charge >= 0.3 is 0 Å². The van der Waals surface area contributed by atoms with Gasteiger partial charge < -0.3 is 14.6 Å². The molecule has 6 nitrogen and oxygen atoms in total. The van der Waals surface area contributed by atoms with E-state index in [2.05, 4.69) is 79.9 Å². The number of benzene rings is 4. The molecule has 0 aliphatic heterocycles. The largest absolute Gasteiger partial charge is 0.543 e. The summed E-state index contributed by atoms with van der Waals surface area (Å²) in [6, 6.07) is 30.5. The van der Waals surface area contributed by atoms with Gasteiger partial charge in [0.05, 0.1) is 10.5 Å². The van der Waals surface area contributed by atoms with Crippen LogP contribution >= 0.6 is 0 Å². The Hall–Kier alpha value is -3.89. The van der Waals surface area contributed by atoms with Crippen LogP contribution in [0.25, 0.3) is 22.3 Å². The van der Waals surface area contributed by atoms with Crippen LogP contribution in [0.1, 0.15) is 41.5 Å². The Kier molecular flexibility index (Phi) is 10.5. The number of nitrogen functional groups attached to an aromatic ring is 1. The molecule has 0 saturated heterocycles. The van der Waals surface area contributed by atoms with E-state index in [4.69, 9.17) is 14.6 Å². The Balaban J connectivity index is 0.000000241. The molecular formula is C36H48N2O4Si2. The number of hydrogen-bond acceptors (Lipinski definition) is 5. The van der Waals surface area contributed by atoms with E-state index >= 15 is 0 Å². The minimum absolute atomic E-state index is 0.0990. The molecule has 0 fully saturated rings. The Morgan fingerprint density at radius 2 is 1.02 bits per heavy atom. The lowest BCUT2D eigenvalue weighted by molar-refractivity contribution is -0.384. The average Bonchev–Trinajstić information content (AvgIpc) is 2.92. The van der Waals surface area contributed by atoms with E-state index in [0.717, 1.165) is 33.9 Å². The summed E-state index contributed by atoms with van der Waals surface area (Å²) < 4.78 is 12.7. The Morgan fingerprint density at radius 3 is 1.45 bits per heavy atom. The first-order valence-electron chi connectivity index (χ1n) is 15.0. The standard InChI is InChI=1S/C18H23NO3Si.C18H25NOSi/c1-18(2,3)23(4,5)22-15-10-8-9-14(13-15)16-11-6-7-12-17(16)19(20)21;1-18(2,3)21(4,5)20-15-10-8-9-14(13-15)16-11-6-7-12-17(16)19/h6-13H,1-5H3;6-13H,19H2,1-5H3. The maximum atomic E-state index is 11.2. The molecule has 234 valence electrons. The van der Waals surface area contributed by atoms with Crippen LogP contribution in [-0.4, -0.2) is 21.6 Å². The monoisotopic (exact) mass is 628 g/mol. The predicted octanol–water partition coefficient (Wildman–Crippen LogP) is 11.0. The van der Waals surface area contributed by atoms with Gasteiger partial charge in [-0.2, -0.15) is 0 Å². The van der Waals surface area contributed by atoms with Crippen molar-refractivity contribution >= 4 is 28.0 Å². The third-order valence-corrected chi connectivity index (χ3v) is 17.4. The third-order valence-electron chi connectivity index (χ3n) is 8.71. The van der Waals surface area contributed by atoms with Crippen molar-refractivity contribution in [1.29, 1.82) is 0 Å². The first-order chi connectivity index (χ1) is 20.3. The molecule has 0 aromatic heterocycles. The fourth-order valence-corrected chi connectivity index (χ4v) is 6.03. The molecule has 4 aromatic carbocycles. The smallest absolute Gasteiger partial charge is 0.277 e. The summed E-state index contributed by atoms with van der Waals surface area (Å²) in [7, 11) is -3.75. The van der Waals surface area contributed by atoms with E-state index in [1.54, 1.807) is 12.1 Å². The summed E-state index contributed by atoms with van der Waals surface area (Å²) in [5.74, 6) is 1.70. The summed E-state index contributed by atoms with van der Waals surface area (Å²) in [4.78, 5) is 10.9. The zero-order valence-corrected chi connectivity index (χ0v) is 29.9. The van der Waals surface area contributed by atoms with Crippen LogP contribution in [0.4, 0.5) is 11.4 Å². The fourth-order valence-electron chi connectivity index (χ4n) is 3.99. The van der Waals surface area contributed by atoms with Gasteiger partial charge in [-0.25, -0.2) is 0 Å². The molecule has 2 N–H and O–H groups in total. The van der Waals surface area contributed by atoms with Gasteiger partial charge in [-0.05, 0) is 83.8 Å². The maximum absolute atomic E-state index is 11.2. The Bertz CT molecular complexity index is 1590. The summed E-state index contributed by atoms with van der Waals surface area (Å²) >= 11 is 0. The van der Waals surface area contributed by atoms with Gasteiger partial charge in [-0.1, -0.05) is 96.1 Å². The van der Waals surface area contributed by atoms with E-state index in [9.17, 15) is 10.1 Å². The van der Waals surface area contributed by atoms with Crippen LogP contribution in [-0.2, 0) is 0 Å². The van der Waals surface area contributed by atoms with Crippen LogP contribution in [0.15, 0.2) is 97.1 Å². The number of anilines is 1. The number of rotatable bonds is 7. The molecule has 8 heteroatoms. The highest BCUT2D eigenvalue weighted by Crippen LogP contribution is 2.40. The van der Waals surface area contributed by atoms with Crippen LogP contribution in [0, 0.1) is 10.1 Å². The van der Waals surface area contributed by atoms with E-state index in [1.165, 1.54) is 6.07 Å². The Morgan fingerprint density at radius 1 is 0.614 bits per heavy atom. The summed E-state index contributed by atoms with van der Waals surface area (Å²) in [5, 5.41) is 11.5. The zero-order chi connectivity index (χ0) is 32.9. The molecule has 0 unspecified atom stereocenters. The predicted molar refractivity (Wildman–Crippen MR) is 190 cm³/mol. The van der Waals surface area contributed by atoms with E-state index in [1.807, 2.05) is 66.7 Å². The molecule has 4 rings (SSSR count). The van der Waals surface area contributed by atoms with Crippen LogP contribution in [0.5, 0.6) is 11.5 Å². The molecule has 0 aliphatic carbocycles. The zero-order valence-electron chi connectivity index (χ0n) is 27.9. The third kappa shape index (κ3) is 8.60. The van der Waals surface area contributed by atoms with Gasteiger partial charge in [0, 0.05) is 17.3 Å². The molecular weight excluding hydrogens is 581 g/mol. The molecule has 0 saturated carbocycles. The van der Waals surface area contributed by atoms with Crippen molar-refractivity contribution < 1.29 is 13.8 Å². The second-order valence-electron chi connectivity index (χ2n) is 14.1. The second-order valence-corrected chi connectivity index (χ2v) is 23.6. The highest BCUT2D eigenvalue weighted by atomic mass is 28.4. The highest BCUT2D eigenvalue weighted by Gasteiger charge is 2.39. The molecule has 0 spiro atoms. The number of nitro benzene ring substituents is 1. The van der Waals surface area contributed by atoms with Crippen molar-refractivity contribution in [3.63, 3.8) is 0 Å². The van der Waals surface area contributed by atoms with E-state index < -0.39 is 16.6 Å². The van der Waals surface area contributed by atoms with Crippen molar-refractivity contribution in [2.45, 2.75) is 77.8 Å². The lowest BCUT2D eigenvalue weighted by Gasteiger charge is -2.36. The van der Waals surface area contributed by atoms with Crippen molar-refractivity contribution in [3.05, 3.63) is 107 Å². The van der Waals surface area contributed by atoms with E-state index in [-0.39, 0.29) is 20.7 Å². The first kappa shape index (κ1) is 34.6. The lowest BCUT2D eigenvalue weighted by Crippen LogP contribution is -2.43. The van der Waals surface area contributed by atoms with Crippen LogP contribution < -0.4 is 14.6 Å². The van der Waals surface area contributed by atoms with Crippen molar-refractivity contribution in [2.24, 2.45) is 0 Å². The van der Waals surface area contributed by atoms with Gasteiger partial charge in [-0.3, -0.25) is 10.1 Å². The van der Waals surface area contributed by atoms with Gasteiger partial charge in [-0.15, -0.1) is 0 Å². The lowest BCUT2D eigenvalue weighted by atomic mass is 10.0. The maximum Gasteiger partial charge on any atom is 0.277 e. The second kappa shape index (κ2) is 13.4. The Labute approximate surface area is 265 Å². The van der Waals surface area contributed by atoms with Gasteiger partial charge in [0.25, 0.3) is 5.69 Å². The number of para-hydroxylation sites is 2. The van der Waals surface area contributed by atoms with Gasteiger partial charge in [0.2, 0.25) is 16.6 Å². The summed E-state index contributed by atoms with van der Waals surface area (Å²) in [6.45, 7) is 22.2. The molecule has 0 radical (unpaired) electrons. The quantitative estimate of drug-likeness (QED) is 0.0952. The number of nitrogens with zero attached hydrogens (tertiary/aromatic N) is 1. The molecule has 0 atom stereocenters. The summed E-state index contributed by atoms with van der Waals surface area (Å²) in [5.41, 5.74) is 10.5. The molecule has 4 aromatic rings. The SMILES string of the molecule is CC(C)(C)[Si](C)(C)Oc1cccc(-c2ccccc2N)c1.CC(C)(C)[Si](C)(C)Oc1cccc(-c2ccccc2[N+](=O)[O-])c1. The molecule has 0 bridgehead atoms. The average molecular weight is 629 g/mol. The summed E-state index contributed by atoms with van der Waals surface area (Å²) in [6.07, 6.45) is 0. The molecule has 0 amide bonds. The van der Waals surface area contributed by atoms with Crippen molar-refractivity contribution in [1.82, 2.24) is 0 Å². The molecule has 0 aliphatic rings. The number of nitrogens with two attached hydrogens (primary N) is 1. The van der Waals surface area contributed by atoms with Gasteiger partial charge in [0.1, 0.15) is 11.5 Å². The van der Waals surface area contributed by atoms with Crippen LogP contribution in [0.3, 0.4) is 0 Å². The fraction of sp³-hybridized carbons (Fsp3) is 0.333. The first-order valence-corrected chi connectivity index (χ1v) is 20.8. The highest BCUT2D eigenvalue weighted by molar-refractivity contribution is 6.75. The topological polar surface area (TPSA) is 87.6 Å². The van der Waals surface area contributed by atoms with Gasteiger partial charge in [0.15, 0.2) is 0 Å². The number of hydrogen-bond donors (Lipinski definition) is 1. The van der Waals surface area contributed by atoms with Crippen molar-refractivity contribution in [2.75, 3.05) is 5.73 Å². The van der Waals surface area contributed by atoms with E-state index in [0.29, 0.717) is 5.56 Å². The van der Waals surface area contributed by atoms with Crippen molar-refractivity contribution in [3.8, 4) is 33.8 Å². The normalized spacial score (nSPS) is 12.1. The minimum Gasteiger partial charge on any atom is -0.543 e. The minimum atomic E-state index is -1.94. The molecule has 0 heterocycles. The molecule has 44 heavy (non-hydrogen) atoms.